The molecule has 0 aliphatic carbocycles. The van der Waals surface area contributed by atoms with Crippen molar-refractivity contribution in [1.29, 1.82) is 0 Å². The Hall–Kier alpha value is -14.4. The van der Waals surface area contributed by atoms with E-state index in [1.807, 2.05) is 0 Å². The van der Waals surface area contributed by atoms with E-state index in [1.165, 1.54) is 0 Å². The van der Waals surface area contributed by atoms with Gasteiger partial charge in [-0.05, 0) is 210 Å². The number of rotatable bonds is 0. The van der Waals surface area contributed by atoms with Gasteiger partial charge in [-0.2, -0.15) is 0 Å². The fourth-order valence-electron chi connectivity index (χ4n) is 17.2. The van der Waals surface area contributed by atoms with Gasteiger partial charge in [0.15, 0.2) is 46.5 Å². The molecule has 0 spiro atoms. The SMILES string of the molecule is Clc1cc2c3nc4nc(nc5[n-]c(nc6nc(nc([n-]3)c2cc1Cl)-c1c(Cl)ccc(Cl)c1-6)c1cc(Cl)c(Cl)cc51)-c1c(Cl)ccc(Cl)c1-4.Fc1cc2c3nc4nc(nc5[n-]c(nc6nc(nc([n-]3)c2cc1F)-c1c(F)ccc(F)c1-6)c1cc(F)c(F)cc51)-c1c(F)ccc(F)c1-4.Fc1cc2c3nc4nc(nc5[n-]c(nc6nc(nc([n-]3)c2cc1F)-c1c(F)ccc(F)c1-6)c1cc(F)c(F)cc51)-c1c(F)ccc(F)c1-4.[Cu+2].[Cu+2].[Zn+2]. The van der Waals surface area contributed by atoms with E-state index in [9.17, 15) is 35.1 Å². The molecule has 0 unspecified atom stereocenters. The van der Waals surface area contributed by atoms with Crippen LogP contribution in [0.5, 0.6) is 0 Å². The van der Waals surface area contributed by atoms with Crippen LogP contribution in [0, 0.1) is 93.1 Å². The summed E-state index contributed by atoms with van der Waals surface area (Å²) in [4.78, 5) is 106. The summed E-state index contributed by atoms with van der Waals surface area (Å²) in [5, 5.41) is 3.52. The fraction of sp³-hybridized carbons (Fsp3) is 0. The minimum Gasteiger partial charge on any atom is -0.357 e. The maximum absolute atomic E-state index is 15.3. The topological polar surface area (TPSA) is 317 Å². The number of halogens is 24. The van der Waals surface area contributed by atoms with Gasteiger partial charge >= 0.3 is 53.6 Å². The average molecular weight is 2290 g/mol. The molecular weight excluding hydrogens is 2270 g/mol. The third-order valence-corrected chi connectivity index (χ3v) is 26.3. The van der Waals surface area contributed by atoms with Crippen LogP contribution in [0.25, 0.3) is 269 Å². The van der Waals surface area contributed by atoms with Crippen molar-refractivity contribution in [1.82, 2.24) is 120 Å². The Balaban J connectivity index is 0.000000124. The quantitative estimate of drug-likeness (QED) is 0.101. The summed E-state index contributed by atoms with van der Waals surface area (Å²) in [6.45, 7) is 0. The Morgan fingerprint density at radius 1 is 0.136 bits per heavy atom. The molecule has 27 rings (SSSR count). The zero-order valence-corrected chi connectivity index (χ0v) is 81.9. The molecule has 147 heavy (non-hydrogen) atoms. The second kappa shape index (κ2) is 36.0. The zero-order chi connectivity index (χ0) is 99.5. The van der Waals surface area contributed by atoms with Crippen LogP contribution in [0.3, 0.4) is 0 Å². The summed E-state index contributed by atoms with van der Waals surface area (Å²) < 4.78 is 238. The van der Waals surface area contributed by atoms with Crippen molar-refractivity contribution in [3.8, 4) is 137 Å². The smallest absolute Gasteiger partial charge is 0.357 e. The first-order valence-electron chi connectivity index (χ1n) is 41.2. The first-order chi connectivity index (χ1) is 69.1. The Morgan fingerprint density at radius 3 is 0.367 bits per heavy atom. The number of benzene rings is 12. The third-order valence-electron chi connectivity index (χ3n) is 23.6. The van der Waals surface area contributed by atoms with E-state index < -0.39 is 184 Å². The molecule has 51 heteroatoms. The standard InChI is InChI=1S/C32H8Cl8N8.2C32H8F8N8.2Cu.Zn/c3*33-13-1-2-14(34)22-21(13)29-43-25-9-5-17(37)18(38)6-10(9)27(41-25)45-31-23-15(35)3-4-16(36)24(23)32(48-31)46-28-12-8-20(40)19(39)7-11(12)26(42-28)44-30(22)47-29;;;/h3*1-8H;;;/q3*-2;3*+2. The molecule has 0 N–H and O–H groups in total. The number of hydrogen-bond donors (Lipinski definition) is 0. The van der Waals surface area contributed by atoms with Gasteiger partial charge in [0.05, 0.1) is 155 Å². The molecule has 0 amide bonds. The minimum atomic E-state index is -1.31. The molecule has 24 nitrogen and oxygen atoms in total. The predicted octanol–water partition coefficient (Wildman–Crippen LogP) is 25.8. The van der Waals surface area contributed by atoms with Gasteiger partial charge in [-0.15, -0.1) is 0 Å². The van der Waals surface area contributed by atoms with Gasteiger partial charge in [0.1, 0.15) is 46.5 Å². The molecule has 21 aromatic rings. The van der Waals surface area contributed by atoms with Gasteiger partial charge in [-0.1, -0.05) is 92.8 Å². The van der Waals surface area contributed by atoms with Crippen molar-refractivity contribution in [3.63, 3.8) is 0 Å². The van der Waals surface area contributed by atoms with E-state index in [0.717, 1.165) is 97.1 Å². The number of aromatic nitrogens is 24. The van der Waals surface area contributed by atoms with Crippen molar-refractivity contribution >= 4 is 225 Å². The van der Waals surface area contributed by atoms with Gasteiger partial charge in [-0.3, -0.25) is 0 Å². The third kappa shape index (κ3) is 15.7. The van der Waals surface area contributed by atoms with Crippen LogP contribution in [-0.2, 0) is 53.6 Å². The molecular formula is C96H24Cl8Cu2F16N24Zn. The maximum Gasteiger partial charge on any atom is 2.00 e. The van der Waals surface area contributed by atoms with Gasteiger partial charge in [0.2, 0.25) is 0 Å². The molecule has 0 atom stereocenters. The second-order valence-electron chi connectivity index (χ2n) is 32.0. The van der Waals surface area contributed by atoms with E-state index in [1.54, 1.807) is 48.5 Å². The molecule has 0 fully saturated rings. The summed E-state index contributed by atoms with van der Waals surface area (Å²) in [7, 11) is 0. The summed E-state index contributed by atoms with van der Waals surface area (Å²) in [5.74, 6) is -21.5. The molecule has 6 aliphatic heterocycles. The molecule has 15 heterocycles. The Kier molecular flexibility index (Phi) is 23.8. The Morgan fingerprint density at radius 2 is 0.245 bits per heavy atom. The first kappa shape index (κ1) is 97.3. The fourth-order valence-corrected chi connectivity index (χ4v) is 18.9. The normalized spacial score (nSPS) is 11.9. The van der Waals surface area contributed by atoms with Crippen molar-refractivity contribution in [2.75, 3.05) is 0 Å². The maximum atomic E-state index is 15.3. The van der Waals surface area contributed by atoms with Gasteiger partial charge in [0, 0.05) is 90.0 Å². The summed E-state index contributed by atoms with van der Waals surface area (Å²) in [6.07, 6.45) is 0. The van der Waals surface area contributed by atoms with Crippen LogP contribution in [0.15, 0.2) is 146 Å². The van der Waals surface area contributed by atoms with Crippen LogP contribution < -0.4 is 29.9 Å². The first-order valence-corrected chi connectivity index (χ1v) is 44.2. The molecule has 12 aromatic carbocycles. The van der Waals surface area contributed by atoms with Crippen LogP contribution in [0.2, 0.25) is 40.2 Å². The van der Waals surface area contributed by atoms with Crippen LogP contribution in [-0.4, -0.2) is 89.7 Å². The van der Waals surface area contributed by atoms with Gasteiger partial charge in [-0.25, -0.2) is 100 Å². The molecule has 0 saturated carbocycles. The van der Waals surface area contributed by atoms with Gasteiger partial charge < -0.3 is 89.7 Å². The predicted molar refractivity (Wildman–Crippen MR) is 501 cm³/mol. The summed E-state index contributed by atoms with van der Waals surface area (Å²) in [6, 6.07) is 25.6. The largest absolute Gasteiger partial charge is 2.00 e. The van der Waals surface area contributed by atoms with Crippen molar-refractivity contribution in [2.45, 2.75) is 0 Å². The Labute approximate surface area is 877 Å². The van der Waals surface area contributed by atoms with Crippen molar-refractivity contribution < 1.29 is 124 Å². The van der Waals surface area contributed by atoms with E-state index in [4.69, 9.17) is 133 Å². The molecule has 6 aliphatic rings. The average Bonchev–Trinajstić information content (AvgIpc) is 1.59. The molecule has 0 saturated heterocycles. The molecule has 9 aromatic heterocycles. The zero-order valence-electron chi connectivity index (χ0n) is 71.0. The van der Waals surface area contributed by atoms with Crippen molar-refractivity contribution in [3.05, 3.63) is 279 Å². The monoisotopic (exact) mass is 2290 g/mol. The summed E-state index contributed by atoms with van der Waals surface area (Å²) in [5.41, 5.74) is -4.06. The van der Waals surface area contributed by atoms with Crippen LogP contribution in [0.1, 0.15) is 0 Å². The van der Waals surface area contributed by atoms with E-state index in [-0.39, 0.29) is 188 Å². The van der Waals surface area contributed by atoms with E-state index in [2.05, 4.69) is 79.7 Å². The number of hydrogen-bond acceptors (Lipinski definition) is 18. The molecule has 24 bridgehead atoms. The Bertz CT molecular complexity index is 8230. The number of nitrogens with zero attached hydrogens (tertiary/aromatic N) is 24. The second-order valence-corrected chi connectivity index (χ2v) is 35.3. The van der Waals surface area contributed by atoms with Gasteiger partial charge in [0.25, 0.3) is 0 Å². The number of fused-ring (bicyclic) bond motifs is 60. The van der Waals surface area contributed by atoms with E-state index >= 15 is 35.1 Å². The molecule has 2 radical (unpaired) electrons. The minimum absolute atomic E-state index is 0. The van der Waals surface area contributed by atoms with Crippen LogP contribution in [0.4, 0.5) is 70.2 Å². The van der Waals surface area contributed by atoms with Crippen LogP contribution >= 0.6 is 92.8 Å². The summed E-state index contributed by atoms with van der Waals surface area (Å²) >= 11 is 52.8. The van der Waals surface area contributed by atoms with E-state index in [0.29, 0.717) is 84.0 Å². The molecule has 720 valence electrons. The van der Waals surface area contributed by atoms with Crippen molar-refractivity contribution in [2.24, 2.45) is 0 Å².